The van der Waals surface area contributed by atoms with Crippen LogP contribution in [0.5, 0.6) is 0 Å². The zero-order valence-electron chi connectivity index (χ0n) is 21.9. The van der Waals surface area contributed by atoms with E-state index in [4.69, 9.17) is 34.0 Å². The molecule has 12 heteroatoms. The van der Waals surface area contributed by atoms with Crippen LogP contribution in [-0.4, -0.2) is 43.5 Å². The van der Waals surface area contributed by atoms with E-state index >= 15 is 0 Å². The molecule has 0 aliphatic carbocycles. The molecule has 0 fully saturated rings. The van der Waals surface area contributed by atoms with Crippen LogP contribution in [0.25, 0.3) is 0 Å². The average molecular weight is 620 g/mol. The maximum atomic E-state index is 13.4. The molecule has 0 saturated heterocycles. The van der Waals surface area contributed by atoms with Crippen LogP contribution in [0.15, 0.2) is 129 Å². The van der Waals surface area contributed by atoms with Gasteiger partial charge in [0.15, 0.2) is 0 Å². The molecule has 0 aromatic heterocycles. The lowest BCUT2D eigenvalue weighted by atomic mass is 9.91. The third-order valence-corrected chi connectivity index (χ3v) is 8.07. The van der Waals surface area contributed by atoms with Gasteiger partial charge in [0.25, 0.3) is 21.9 Å². The third-order valence-electron chi connectivity index (χ3n) is 6.30. The Kier molecular flexibility index (Phi) is 8.67. The summed E-state index contributed by atoms with van der Waals surface area (Å²) in [6.45, 7) is 0.195. The highest BCUT2D eigenvalue weighted by Gasteiger charge is 2.33. The molecule has 1 unspecified atom stereocenters. The van der Waals surface area contributed by atoms with E-state index in [-0.39, 0.29) is 29.3 Å². The largest absolute Gasteiger partial charge is 0.369 e. The lowest BCUT2D eigenvalue weighted by molar-refractivity contribution is 0.0976. The molecule has 0 saturated carbocycles. The molecule has 5 rings (SSSR count). The maximum Gasteiger partial charge on any atom is 0.285 e. The molecule has 1 atom stereocenters. The van der Waals surface area contributed by atoms with Crippen molar-refractivity contribution < 1.29 is 13.2 Å². The summed E-state index contributed by atoms with van der Waals surface area (Å²) >= 11 is 12.1. The van der Waals surface area contributed by atoms with Gasteiger partial charge in [-0.1, -0.05) is 83.9 Å². The third kappa shape index (κ3) is 6.85. The summed E-state index contributed by atoms with van der Waals surface area (Å²) in [5, 5.41) is 9.51. The number of nitrogens with zero attached hydrogens (tertiary/aromatic N) is 4. The Balaban J connectivity index is 1.58. The fraction of sp³-hybridized carbons (Fsp3) is 0.0667. The molecule has 1 aliphatic heterocycles. The molecule has 0 spiro atoms. The van der Waals surface area contributed by atoms with Crippen LogP contribution in [0, 0.1) is 0 Å². The van der Waals surface area contributed by atoms with Crippen molar-refractivity contribution in [2.75, 3.05) is 6.54 Å². The molecule has 42 heavy (non-hydrogen) atoms. The first-order valence-corrected chi connectivity index (χ1v) is 14.9. The first-order chi connectivity index (χ1) is 20.2. The topological polar surface area (TPSA) is 130 Å². The second-order valence-corrected chi connectivity index (χ2v) is 11.7. The van der Waals surface area contributed by atoms with Crippen molar-refractivity contribution in [2.24, 2.45) is 20.2 Å². The van der Waals surface area contributed by atoms with Crippen molar-refractivity contribution in [1.29, 1.82) is 0 Å². The molecular formula is C30H24Cl2N6O3S. The maximum absolute atomic E-state index is 13.4. The number of carbonyl (C=O) groups excluding carboxylic acids is 1. The number of amides is 1. The summed E-state index contributed by atoms with van der Waals surface area (Å²) in [5.74, 6) is -1.49. The second-order valence-electron chi connectivity index (χ2n) is 9.17. The summed E-state index contributed by atoms with van der Waals surface area (Å²) in [5.41, 5.74) is 8.82. The van der Waals surface area contributed by atoms with Gasteiger partial charge in [0, 0.05) is 21.5 Å². The van der Waals surface area contributed by atoms with E-state index < -0.39 is 15.9 Å². The highest BCUT2D eigenvalue weighted by atomic mass is 35.5. The number of hydrazone groups is 1. The van der Waals surface area contributed by atoms with Crippen LogP contribution in [-0.2, 0) is 10.0 Å². The number of sulfonamides is 1. The molecular weight excluding hydrogens is 595 g/mol. The van der Waals surface area contributed by atoms with Gasteiger partial charge < -0.3 is 5.73 Å². The van der Waals surface area contributed by atoms with Gasteiger partial charge in [-0.3, -0.25) is 10.1 Å². The zero-order valence-corrected chi connectivity index (χ0v) is 24.3. The number of rotatable bonds is 5. The van der Waals surface area contributed by atoms with Gasteiger partial charge in [-0.25, -0.2) is 5.01 Å². The van der Waals surface area contributed by atoms with Crippen LogP contribution < -0.4 is 11.1 Å². The number of carbonyl (C=O) groups is 1. The van der Waals surface area contributed by atoms with Gasteiger partial charge >= 0.3 is 0 Å². The Hall–Kier alpha value is -4.51. The number of guanidine groups is 2. The van der Waals surface area contributed by atoms with Crippen molar-refractivity contribution in [1.82, 2.24) is 10.3 Å². The molecule has 1 aliphatic rings. The Morgan fingerprint density at radius 2 is 1.43 bits per heavy atom. The zero-order chi connectivity index (χ0) is 29.7. The van der Waals surface area contributed by atoms with Crippen molar-refractivity contribution in [3.05, 3.63) is 136 Å². The lowest BCUT2D eigenvalue weighted by Gasteiger charge is -2.16. The van der Waals surface area contributed by atoms with E-state index in [9.17, 15) is 13.2 Å². The first-order valence-electron chi connectivity index (χ1n) is 12.7. The molecule has 4 aromatic rings. The first kappa shape index (κ1) is 29.0. The minimum atomic E-state index is -4.28. The number of hydrogen-bond acceptors (Lipinski definition) is 4. The lowest BCUT2D eigenvalue weighted by Crippen LogP contribution is -2.39. The van der Waals surface area contributed by atoms with Gasteiger partial charge in [-0.05, 0) is 59.7 Å². The van der Waals surface area contributed by atoms with Gasteiger partial charge in [0.2, 0.25) is 5.96 Å². The molecule has 4 aromatic carbocycles. The minimum absolute atomic E-state index is 0.104. The molecule has 212 valence electrons. The van der Waals surface area contributed by atoms with E-state index in [0.29, 0.717) is 21.3 Å². The Morgan fingerprint density at radius 3 is 2.05 bits per heavy atom. The van der Waals surface area contributed by atoms with Crippen molar-refractivity contribution in [3.8, 4) is 0 Å². The SMILES string of the molecule is N/C(=N\C(=N\S(=O)(=O)c1ccc(Cl)cc1)N1CC(c2ccccc2)C(c2ccc(Cl)cc2)=N1)NC(=O)c1ccccc1. The van der Waals surface area contributed by atoms with Gasteiger partial charge in [-0.15, -0.1) is 4.40 Å². The van der Waals surface area contributed by atoms with Gasteiger partial charge in [0.1, 0.15) is 0 Å². The van der Waals surface area contributed by atoms with Gasteiger partial charge in [0.05, 0.1) is 17.2 Å². The number of aliphatic imine (C=N–C) groups is 1. The molecule has 3 N–H and O–H groups in total. The second kappa shape index (κ2) is 12.6. The average Bonchev–Trinajstić information content (AvgIpc) is 3.44. The smallest absolute Gasteiger partial charge is 0.285 e. The fourth-order valence-electron chi connectivity index (χ4n) is 4.26. The summed E-state index contributed by atoms with van der Waals surface area (Å²) in [6.07, 6.45) is 0. The minimum Gasteiger partial charge on any atom is -0.369 e. The standard InChI is InChI=1S/C30H24Cl2N6O3S/c31-23-13-11-21(12-14-23)27-26(20-7-3-1-4-8-20)19-38(36-27)30(37-42(40,41)25-17-15-24(32)16-18-25)35-29(33)34-28(39)22-9-5-2-6-10-22/h1-18,26H,19H2,(H3,33,34,35,37,39). The Bertz CT molecular complexity index is 1780. The van der Waals surface area contributed by atoms with E-state index in [2.05, 4.69) is 14.7 Å². The van der Waals surface area contributed by atoms with Crippen molar-refractivity contribution >= 4 is 56.8 Å². The highest BCUT2D eigenvalue weighted by molar-refractivity contribution is 7.90. The molecule has 9 nitrogen and oxygen atoms in total. The summed E-state index contributed by atoms with van der Waals surface area (Å²) < 4.78 is 30.7. The van der Waals surface area contributed by atoms with Crippen LogP contribution in [0.3, 0.4) is 0 Å². The molecule has 0 bridgehead atoms. The normalized spacial score (nSPS) is 15.8. The van der Waals surface area contributed by atoms with Crippen LogP contribution in [0.4, 0.5) is 0 Å². The predicted octanol–water partition coefficient (Wildman–Crippen LogP) is 5.29. The van der Waals surface area contributed by atoms with E-state index in [0.717, 1.165) is 11.1 Å². The Morgan fingerprint density at radius 1 is 0.857 bits per heavy atom. The van der Waals surface area contributed by atoms with E-state index in [1.165, 1.54) is 29.3 Å². The summed E-state index contributed by atoms with van der Waals surface area (Å²) in [4.78, 5) is 16.8. The van der Waals surface area contributed by atoms with E-state index in [1.54, 1.807) is 42.5 Å². The summed E-state index contributed by atoms with van der Waals surface area (Å²) in [7, 11) is -4.28. The van der Waals surface area contributed by atoms with Gasteiger partial charge in [-0.2, -0.15) is 18.5 Å². The van der Waals surface area contributed by atoms with Crippen molar-refractivity contribution in [2.45, 2.75) is 10.8 Å². The predicted molar refractivity (Wildman–Crippen MR) is 165 cm³/mol. The summed E-state index contributed by atoms with van der Waals surface area (Å²) in [6, 6.07) is 30.8. The quantitative estimate of drug-likeness (QED) is 0.232. The van der Waals surface area contributed by atoms with Crippen LogP contribution in [0.2, 0.25) is 10.0 Å². The number of nitrogens with two attached hydrogens (primary N) is 1. The van der Waals surface area contributed by atoms with E-state index in [1.807, 2.05) is 42.5 Å². The number of hydrogen-bond donors (Lipinski definition) is 2. The van der Waals surface area contributed by atoms with Crippen molar-refractivity contribution in [3.63, 3.8) is 0 Å². The molecule has 1 heterocycles. The molecule has 1 amide bonds. The highest BCUT2D eigenvalue weighted by Crippen LogP contribution is 2.30. The fourth-order valence-corrected chi connectivity index (χ4v) is 5.45. The monoisotopic (exact) mass is 618 g/mol. The van der Waals surface area contributed by atoms with Crippen LogP contribution >= 0.6 is 23.2 Å². The Labute approximate surface area is 253 Å². The number of nitrogens with one attached hydrogen (secondary N) is 1. The number of benzene rings is 4. The molecule has 0 radical (unpaired) electrons. The number of halogens is 2. The van der Waals surface area contributed by atoms with Crippen LogP contribution in [0.1, 0.15) is 27.4 Å².